The Balaban J connectivity index is 1.75. The van der Waals surface area contributed by atoms with Gasteiger partial charge in [-0.2, -0.15) is 5.10 Å². The van der Waals surface area contributed by atoms with E-state index in [1.165, 1.54) is 0 Å². The second-order valence-electron chi connectivity index (χ2n) is 5.70. The van der Waals surface area contributed by atoms with Crippen molar-refractivity contribution in [3.63, 3.8) is 0 Å². The molecule has 0 aliphatic carbocycles. The molecule has 6 nitrogen and oxygen atoms in total. The maximum Gasteiger partial charge on any atom is 0.354 e. The Labute approximate surface area is 115 Å². The fourth-order valence-electron chi connectivity index (χ4n) is 2.85. The number of hydrogen-bond acceptors (Lipinski definition) is 6. The molecule has 104 valence electrons. The second kappa shape index (κ2) is 3.88. The summed E-state index contributed by atoms with van der Waals surface area (Å²) in [5.74, 6) is -0.390. The predicted octanol–water partition coefficient (Wildman–Crippen LogP) is 0.331. The normalized spacial score (nSPS) is 34.7. The van der Waals surface area contributed by atoms with Crippen LogP contribution in [0, 0.1) is 0 Å². The first-order valence-corrected chi connectivity index (χ1v) is 7.27. The molecule has 1 amide bonds. The molecule has 3 aliphatic rings. The summed E-state index contributed by atoms with van der Waals surface area (Å²) in [6, 6.07) is 0. The minimum Gasteiger partial charge on any atom is -0.461 e. The van der Waals surface area contributed by atoms with Crippen molar-refractivity contribution in [2.75, 3.05) is 13.2 Å². The number of nitrogens with zero attached hydrogens (tertiary/aromatic N) is 2. The molecule has 0 aromatic carbocycles. The quantitative estimate of drug-likeness (QED) is 0.584. The number of rotatable bonds is 2. The fourth-order valence-corrected chi connectivity index (χ4v) is 4.40. The Bertz CT molecular complexity index is 491. The third kappa shape index (κ3) is 1.67. The lowest BCUT2D eigenvalue weighted by atomic mass is 9.84. The van der Waals surface area contributed by atoms with E-state index in [1.54, 1.807) is 18.7 Å². The molecule has 1 spiro atoms. The van der Waals surface area contributed by atoms with Gasteiger partial charge < -0.3 is 9.64 Å². The lowest BCUT2D eigenvalue weighted by Crippen LogP contribution is -2.74. The molecule has 2 atom stereocenters. The highest BCUT2D eigenvalue weighted by Gasteiger charge is 2.68. The van der Waals surface area contributed by atoms with E-state index >= 15 is 0 Å². The highest BCUT2D eigenvalue weighted by Crippen LogP contribution is 2.53. The Morgan fingerprint density at radius 3 is 3.05 bits per heavy atom. The van der Waals surface area contributed by atoms with Crippen molar-refractivity contribution in [3.8, 4) is 0 Å². The zero-order chi connectivity index (χ0) is 13.8. The number of ether oxygens (including phenoxy) is 1. The minimum atomic E-state index is -0.722. The van der Waals surface area contributed by atoms with Crippen LogP contribution in [0.25, 0.3) is 0 Å². The van der Waals surface area contributed by atoms with Gasteiger partial charge in [-0.3, -0.25) is 10.2 Å². The third-order valence-electron chi connectivity index (χ3n) is 3.68. The monoisotopic (exact) mass is 283 g/mol. The highest BCUT2D eigenvalue weighted by atomic mass is 32.2. The van der Waals surface area contributed by atoms with Crippen LogP contribution in [0.5, 0.6) is 0 Å². The van der Waals surface area contributed by atoms with Gasteiger partial charge in [-0.05, 0) is 20.8 Å². The topological polar surface area (TPSA) is 71.0 Å². The standard InChI is InChI=1S/C12H17N3O3S/c1-4-18-8(16)7-5-12(14-13-7)9(17)15-6-11(2,3)19-10(12)15/h10,14H,4-6H2,1-3H3. The Kier molecular flexibility index (Phi) is 2.61. The van der Waals surface area contributed by atoms with Gasteiger partial charge in [0.1, 0.15) is 11.1 Å². The first kappa shape index (κ1) is 12.8. The maximum atomic E-state index is 12.3. The molecule has 0 saturated carbocycles. The summed E-state index contributed by atoms with van der Waals surface area (Å²) in [6.45, 7) is 7.07. The van der Waals surface area contributed by atoms with Crippen molar-refractivity contribution in [1.82, 2.24) is 10.3 Å². The first-order valence-electron chi connectivity index (χ1n) is 6.39. The van der Waals surface area contributed by atoms with Crippen LogP contribution in [0.2, 0.25) is 0 Å². The van der Waals surface area contributed by atoms with Crippen LogP contribution in [0.1, 0.15) is 27.2 Å². The van der Waals surface area contributed by atoms with Gasteiger partial charge in [0, 0.05) is 17.7 Å². The largest absolute Gasteiger partial charge is 0.461 e. The fraction of sp³-hybridized carbons (Fsp3) is 0.750. The Morgan fingerprint density at radius 1 is 1.63 bits per heavy atom. The first-order chi connectivity index (χ1) is 8.89. The summed E-state index contributed by atoms with van der Waals surface area (Å²) in [6.07, 6.45) is 0.328. The summed E-state index contributed by atoms with van der Waals surface area (Å²) >= 11 is 1.76. The summed E-state index contributed by atoms with van der Waals surface area (Å²) in [7, 11) is 0. The van der Waals surface area contributed by atoms with Crippen molar-refractivity contribution in [3.05, 3.63) is 0 Å². The number of carbonyl (C=O) groups is 2. The molecule has 3 heterocycles. The van der Waals surface area contributed by atoms with Crippen LogP contribution in [0.3, 0.4) is 0 Å². The van der Waals surface area contributed by atoms with Gasteiger partial charge in [0.2, 0.25) is 0 Å². The number of carbonyl (C=O) groups excluding carboxylic acids is 2. The minimum absolute atomic E-state index is 0.0404. The van der Waals surface area contributed by atoms with Crippen molar-refractivity contribution in [1.29, 1.82) is 0 Å². The van der Waals surface area contributed by atoms with Crippen LogP contribution in [0.15, 0.2) is 5.10 Å². The number of hydrogen-bond donors (Lipinski definition) is 1. The zero-order valence-corrected chi connectivity index (χ0v) is 12.0. The van der Waals surface area contributed by atoms with E-state index in [9.17, 15) is 9.59 Å². The lowest BCUT2D eigenvalue weighted by molar-refractivity contribution is -0.153. The number of esters is 1. The predicted molar refractivity (Wildman–Crippen MR) is 71.7 cm³/mol. The number of β-lactam (4-membered cyclic amide) rings is 1. The molecule has 2 saturated heterocycles. The van der Waals surface area contributed by atoms with Crippen molar-refractivity contribution < 1.29 is 14.3 Å². The highest BCUT2D eigenvalue weighted by molar-refractivity contribution is 8.01. The molecular formula is C12H17N3O3S. The summed E-state index contributed by atoms with van der Waals surface area (Å²) in [5, 5.41) is 4.08. The molecule has 1 N–H and O–H groups in total. The molecule has 3 rings (SSSR count). The zero-order valence-electron chi connectivity index (χ0n) is 11.2. The molecule has 0 aromatic heterocycles. The average molecular weight is 283 g/mol. The van der Waals surface area contributed by atoms with Crippen LogP contribution < -0.4 is 5.43 Å². The van der Waals surface area contributed by atoms with Crippen LogP contribution in [-0.2, 0) is 14.3 Å². The Morgan fingerprint density at radius 2 is 2.37 bits per heavy atom. The van der Waals surface area contributed by atoms with E-state index in [4.69, 9.17) is 4.74 Å². The Hall–Kier alpha value is -1.24. The van der Waals surface area contributed by atoms with E-state index in [0.717, 1.165) is 6.54 Å². The summed E-state index contributed by atoms with van der Waals surface area (Å²) in [5.41, 5.74) is 2.49. The van der Waals surface area contributed by atoms with Crippen LogP contribution in [-0.4, -0.2) is 51.3 Å². The van der Waals surface area contributed by atoms with Crippen LogP contribution >= 0.6 is 11.8 Å². The van der Waals surface area contributed by atoms with Gasteiger partial charge in [-0.1, -0.05) is 0 Å². The number of amides is 1. The van der Waals surface area contributed by atoms with Gasteiger partial charge in [-0.15, -0.1) is 11.8 Å². The van der Waals surface area contributed by atoms with Crippen molar-refractivity contribution in [2.45, 2.75) is 42.9 Å². The van der Waals surface area contributed by atoms with Gasteiger partial charge in [-0.25, -0.2) is 4.79 Å². The molecule has 2 unspecified atom stereocenters. The number of hydrazone groups is 1. The molecule has 0 bridgehead atoms. The van der Waals surface area contributed by atoms with Gasteiger partial charge in [0.05, 0.1) is 6.61 Å². The molecule has 0 aromatic rings. The SMILES string of the molecule is CCOC(=O)C1=NNC2(C1)C(=O)N1CC(C)(C)SC12. The van der Waals surface area contributed by atoms with E-state index in [2.05, 4.69) is 24.4 Å². The number of thioether (sulfide) groups is 1. The maximum absolute atomic E-state index is 12.3. The third-order valence-corrected chi connectivity index (χ3v) is 5.32. The average Bonchev–Trinajstić information content (AvgIpc) is 2.91. The molecule has 3 aliphatic heterocycles. The smallest absolute Gasteiger partial charge is 0.354 e. The van der Waals surface area contributed by atoms with Crippen LogP contribution in [0.4, 0.5) is 0 Å². The van der Waals surface area contributed by atoms with E-state index in [1.807, 2.05) is 4.90 Å². The summed E-state index contributed by atoms with van der Waals surface area (Å²) < 4.78 is 4.99. The second-order valence-corrected chi connectivity index (χ2v) is 7.49. The molecule has 7 heteroatoms. The van der Waals surface area contributed by atoms with Crippen molar-refractivity contribution >= 4 is 29.4 Å². The lowest BCUT2D eigenvalue weighted by Gasteiger charge is -2.49. The summed E-state index contributed by atoms with van der Waals surface area (Å²) in [4.78, 5) is 25.8. The molecule has 2 fully saturated rings. The van der Waals surface area contributed by atoms with E-state index in [0.29, 0.717) is 18.7 Å². The van der Waals surface area contributed by atoms with Gasteiger partial charge in [0.15, 0.2) is 5.54 Å². The number of nitrogens with one attached hydrogen (secondary N) is 1. The van der Waals surface area contributed by atoms with Gasteiger partial charge in [0.25, 0.3) is 5.91 Å². The van der Waals surface area contributed by atoms with Gasteiger partial charge >= 0.3 is 5.97 Å². The van der Waals surface area contributed by atoms with Crippen molar-refractivity contribution in [2.24, 2.45) is 5.10 Å². The molecule has 19 heavy (non-hydrogen) atoms. The molecular weight excluding hydrogens is 266 g/mol. The van der Waals surface area contributed by atoms with E-state index in [-0.39, 0.29) is 16.0 Å². The van der Waals surface area contributed by atoms with E-state index < -0.39 is 11.5 Å². The number of fused-ring (bicyclic) bond motifs is 2. The molecule has 0 radical (unpaired) electrons.